The van der Waals surface area contributed by atoms with Crippen LogP contribution in [0.5, 0.6) is 5.75 Å². The van der Waals surface area contributed by atoms with E-state index in [1.54, 1.807) is 7.11 Å². The zero-order chi connectivity index (χ0) is 19.2. The Hall–Kier alpha value is -2.34. The van der Waals surface area contributed by atoms with Crippen LogP contribution in [0.1, 0.15) is 24.8 Å². The molecule has 0 saturated carbocycles. The number of fused-ring (bicyclic) bond motifs is 2. The minimum Gasteiger partial charge on any atom is -0.494 e. The number of carboxylic acid groups (broad SMARTS) is 1. The number of likely N-dealkylation sites (tertiary alicyclic amines) is 1. The average Bonchev–Trinajstić information content (AvgIpc) is 2.67. The molecule has 0 unspecified atom stereocenters. The Morgan fingerprint density at radius 2 is 2.15 bits per heavy atom. The number of carboxylic acids is 1. The molecular weight excluding hydrogens is 342 g/mol. The maximum atomic E-state index is 12.1. The molecule has 2 aliphatic rings. The van der Waals surface area contributed by atoms with E-state index in [0.29, 0.717) is 19.5 Å². The van der Waals surface area contributed by atoms with Crippen LogP contribution in [0.4, 0.5) is 5.82 Å². The van der Waals surface area contributed by atoms with Gasteiger partial charge in [-0.25, -0.2) is 4.98 Å². The van der Waals surface area contributed by atoms with Crippen LogP contribution in [0.25, 0.3) is 10.9 Å². The first-order valence-electron chi connectivity index (χ1n) is 9.59. The summed E-state index contributed by atoms with van der Waals surface area (Å²) in [4.78, 5) is 21.5. The van der Waals surface area contributed by atoms with E-state index in [0.717, 1.165) is 47.4 Å². The zero-order valence-corrected chi connectivity index (χ0v) is 16.2. The lowest BCUT2D eigenvalue weighted by atomic mass is 9.68. The molecule has 0 amide bonds. The fourth-order valence-corrected chi connectivity index (χ4v) is 4.89. The van der Waals surface area contributed by atoms with Gasteiger partial charge in [-0.2, -0.15) is 0 Å². The van der Waals surface area contributed by atoms with E-state index in [-0.39, 0.29) is 6.04 Å². The molecule has 0 radical (unpaired) electrons. The van der Waals surface area contributed by atoms with E-state index in [9.17, 15) is 9.90 Å². The highest BCUT2D eigenvalue weighted by Gasteiger charge is 2.52. The molecular formula is C21H27N3O3. The molecule has 3 heterocycles. The SMILES string of the molecule is COc1cccc2c(C)cc(N3CC[C@@]4(C(=O)O)CCCN(C)[C@@H]4C3)nc12. The number of anilines is 1. The predicted molar refractivity (Wildman–Crippen MR) is 106 cm³/mol. The van der Waals surface area contributed by atoms with Crippen molar-refractivity contribution in [1.29, 1.82) is 0 Å². The summed E-state index contributed by atoms with van der Waals surface area (Å²) < 4.78 is 5.51. The number of likely N-dealkylation sites (N-methyl/N-ethyl adjacent to an activating group) is 1. The molecule has 144 valence electrons. The Bertz CT molecular complexity index is 884. The quantitative estimate of drug-likeness (QED) is 0.897. The summed E-state index contributed by atoms with van der Waals surface area (Å²) in [6, 6.07) is 8.09. The van der Waals surface area contributed by atoms with Crippen LogP contribution in [0.3, 0.4) is 0 Å². The highest BCUT2D eigenvalue weighted by molar-refractivity contribution is 5.89. The number of rotatable bonds is 3. The molecule has 0 spiro atoms. The van der Waals surface area contributed by atoms with Crippen molar-refractivity contribution in [3.63, 3.8) is 0 Å². The third kappa shape index (κ3) is 2.83. The maximum Gasteiger partial charge on any atom is 0.311 e. The largest absolute Gasteiger partial charge is 0.494 e. The molecule has 27 heavy (non-hydrogen) atoms. The lowest BCUT2D eigenvalue weighted by Crippen LogP contribution is -2.63. The van der Waals surface area contributed by atoms with Crippen molar-refractivity contribution in [2.45, 2.75) is 32.2 Å². The van der Waals surface area contributed by atoms with Crippen molar-refractivity contribution in [2.24, 2.45) is 5.41 Å². The highest BCUT2D eigenvalue weighted by Crippen LogP contribution is 2.43. The fourth-order valence-electron chi connectivity index (χ4n) is 4.89. The van der Waals surface area contributed by atoms with Gasteiger partial charge in [-0.05, 0) is 57.5 Å². The normalized spacial score (nSPS) is 26.0. The molecule has 2 aromatic rings. The number of methoxy groups -OCH3 is 1. The lowest BCUT2D eigenvalue weighted by Gasteiger charge is -2.52. The number of ether oxygens (including phenoxy) is 1. The van der Waals surface area contributed by atoms with Crippen LogP contribution in [0, 0.1) is 12.3 Å². The van der Waals surface area contributed by atoms with Gasteiger partial charge < -0.3 is 19.6 Å². The summed E-state index contributed by atoms with van der Waals surface area (Å²) >= 11 is 0. The summed E-state index contributed by atoms with van der Waals surface area (Å²) in [5, 5.41) is 11.1. The van der Waals surface area contributed by atoms with Crippen LogP contribution in [0.2, 0.25) is 0 Å². The number of benzene rings is 1. The number of hydrogen-bond acceptors (Lipinski definition) is 5. The van der Waals surface area contributed by atoms with Crippen LogP contribution >= 0.6 is 0 Å². The molecule has 6 nitrogen and oxygen atoms in total. The van der Waals surface area contributed by atoms with Crippen LogP contribution in [-0.2, 0) is 4.79 Å². The van der Waals surface area contributed by atoms with Gasteiger partial charge in [0.15, 0.2) is 0 Å². The molecule has 2 fully saturated rings. The lowest BCUT2D eigenvalue weighted by molar-refractivity contribution is -0.158. The average molecular weight is 369 g/mol. The second-order valence-corrected chi connectivity index (χ2v) is 7.91. The first-order valence-corrected chi connectivity index (χ1v) is 9.59. The number of aromatic nitrogens is 1. The molecule has 2 atom stereocenters. The van der Waals surface area contributed by atoms with Crippen LogP contribution in [0.15, 0.2) is 24.3 Å². The van der Waals surface area contributed by atoms with E-state index in [2.05, 4.69) is 28.9 Å². The van der Waals surface area contributed by atoms with Gasteiger partial charge in [0.25, 0.3) is 0 Å². The number of hydrogen-bond donors (Lipinski definition) is 1. The minimum absolute atomic E-state index is 0.00738. The Morgan fingerprint density at radius 1 is 1.33 bits per heavy atom. The van der Waals surface area contributed by atoms with E-state index < -0.39 is 11.4 Å². The summed E-state index contributed by atoms with van der Waals surface area (Å²) in [6.45, 7) is 4.44. The molecule has 6 heteroatoms. The van der Waals surface area contributed by atoms with Gasteiger partial charge in [-0.1, -0.05) is 12.1 Å². The molecule has 1 aromatic carbocycles. The Kier molecular flexibility index (Phi) is 4.46. The van der Waals surface area contributed by atoms with Crippen molar-refractivity contribution < 1.29 is 14.6 Å². The first kappa shape index (κ1) is 18.0. The number of nitrogens with zero attached hydrogens (tertiary/aromatic N) is 3. The molecule has 1 aromatic heterocycles. The van der Waals surface area contributed by atoms with Gasteiger partial charge in [0.05, 0.1) is 12.5 Å². The highest BCUT2D eigenvalue weighted by atomic mass is 16.5. The molecule has 1 N–H and O–H groups in total. The maximum absolute atomic E-state index is 12.1. The number of aliphatic carboxylic acids is 1. The van der Waals surface area contributed by atoms with Gasteiger partial charge in [-0.15, -0.1) is 0 Å². The van der Waals surface area contributed by atoms with E-state index in [1.165, 1.54) is 0 Å². The van der Waals surface area contributed by atoms with Crippen LogP contribution < -0.4 is 9.64 Å². The minimum atomic E-state index is -0.650. The van der Waals surface area contributed by atoms with Gasteiger partial charge >= 0.3 is 5.97 Å². The Morgan fingerprint density at radius 3 is 2.89 bits per heavy atom. The van der Waals surface area contributed by atoms with Crippen molar-refractivity contribution in [1.82, 2.24) is 9.88 Å². The smallest absolute Gasteiger partial charge is 0.311 e. The third-order valence-corrected chi connectivity index (χ3v) is 6.49. The van der Waals surface area contributed by atoms with E-state index >= 15 is 0 Å². The second-order valence-electron chi connectivity index (χ2n) is 7.91. The Labute approximate surface area is 159 Å². The van der Waals surface area contributed by atoms with Gasteiger partial charge in [0.2, 0.25) is 0 Å². The topological polar surface area (TPSA) is 65.9 Å². The fraction of sp³-hybridized carbons (Fsp3) is 0.524. The van der Waals surface area contributed by atoms with E-state index in [4.69, 9.17) is 9.72 Å². The number of pyridine rings is 1. The zero-order valence-electron chi connectivity index (χ0n) is 16.2. The third-order valence-electron chi connectivity index (χ3n) is 6.49. The summed E-state index contributed by atoms with van der Waals surface area (Å²) in [5.41, 5.74) is 1.38. The Balaban J connectivity index is 1.72. The number of piperidine rings is 2. The molecule has 0 aliphatic carbocycles. The molecule has 0 bridgehead atoms. The molecule has 2 aliphatic heterocycles. The second kappa shape index (κ2) is 6.68. The van der Waals surface area contributed by atoms with E-state index in [1.807, 2.05) is 19.2 Å². The number of carbonyl (C=O) groups is 1. The van der Waals surface area contributed by atoms with Crippen molar-refractivity contribution in [3.05, 3.63) is 29.8 Å². The summed E-state index contributed by atoms with van der Waals surface area (Å²) in [7, 11) is 3.71. The van der Waals surface area contributed by atoms with Crippen LogP contribution in [-0.4, -0.2) is 60.8 Å². The first-order chi connectivity index (χ1) is 13.0. The number of para-hydroxylation sites is 1. The van der Waals surface area contributed by atoms with Crippen molar-refractivity contribution in [3.8, 4) is 5.75 Å². The van der Waals surface area contributed by atoms with Gasteiger partial charge in [-0.3, -0.25) is 4.79 Å². The standard InChI is InChI=1S/C21H27N3O3/c1-14-12-18(22-19-15(14)6-4-7-16(19)27-3)24-11-9-21(20(25)26)8-5-10-23(2)17(21)13-24/h4,6-7,12,17H,5,8-11,13H2,1-3H3,(H,25,26)/t17-,21+/m1/s1. The van der Waals surface area contributed by atoms with Gasteiger partial charge in [0.1, 0.15) is 17.1 Å². The summed E-state index contributed by atoms with van der Waals surface area (Å²) in [6.07, 6.45) is 2.37. The summed E-state index contributed by atoms with van der Waals surface area (Å²) in [5.74, 6) is 1.02. The monoisotopic (exact) mass is 369 g/mol. The molecule has 2 saturated heterocycles. The number of aryl methyl sites for hydroxylation is 1. The predicted octanol–water partition coefficient (Wildman–Crippen LogP) is 2.93. The van der Waals surface area contributed by atoms with Gasteiger partial charge in [0, 0.05) is 24.5 Å². The molecule has 4 rings (SSSR count). The van der Waals surface area contributed by atoms with Crippen molar-refractivity contribution >= 4 is 22.7 Å². The van der Waals surface area contributed by atoms with Crippen molar-refractivity contribution in [2.75, 3.05) is 38.7 Å².